The van der Waals surface area contributed by atoms with Gasteiger partial charge in [-0.15, -0.1) is 10.2 Å². The van der Waals surface area contributed by atoms with Gasteiger partial charge in [0.1, 0.15) is 57.8 Å². The molecule has 5 aromatic heterocycles. The second-order valence-electron chi connectivity index (χ2n) is 21.2. The van der Waals surface area contributed by atoms with Gasteiger partial charge in [0.2, 0.25) is 5.69 Å². The van der Waals surface area contributed by atoms with Crippen LogP contribution in [0.25, 0.3) is 0 Å². The number of aromatic nitrogens is 10. The van der Waals surface area contributed by atoms with Gasteiger partial charge in [0.05, 0.1) is 61.0 Å². The van der Waals surface area contributed by atoms with Crippen molar-refractivity contribution in [2.24, 2.45) is 50.7 Å². The molecular formula is C65H93N20Na3O25S2. The Balaban J connectivity index is -0.000000307. The molecule has 0 unspecified atom stereocenters. The molecule has 0 aliphatic carbocycles. The molecule has 0 amide bonds. The predicted octanol–water partition coefficient (Wildman–Crippen LogP) is -4.52. The Morgan fingerprint density at radius 3 is 1.11 bits per heavy atom. The molecule has 618 valence electrons. The molecule has 0 fully saturated rings. The van der Waals surface area contributed by atoms with E-state index in [-0.39, 0.29) is 117 Å². The van der Waals surface area contributed by atoms with E-state index in [1.807, 2.05) is 26.2 Å². The number of hydrogen-bond donors (Lipinski definition) is 9. The molecule has 0 aliphatic rings. The summed E-state index contributed by atoms with van der Waals surface area (Å²) in [5.41, 5.74) is 25.1. The first-order valence-corrected chi connectivity index (χ1v) is 41.7. The molecule has 115 heavy (non-hydrogen) atoms. The van der Waals surface area contributed by atoms with Gasteiger partial charge in [-0.25, -0.2) is 29.0 Å². The molecule has 0 saturated heterocycles. The first kappa shape index (κ1) is 115. The van der Waals surface area contributed by atoms with Crippen molar-refractivity contribution in [1.82, 2.24) is 57.1 Å². The minimum absolute atomic E-state index is 0. The number of rotatable bonds is 15. The van der Waals surface area contributed by atoms with Crippen LogP contribution in [-0.2, 0) is 84.7 Å². The third-order valence-corrected chi connectivity index (χ3v) is 14.7. The van der Waals surface area contributed by atoms with E-state index in [2.05, 4.69) is 15.2 Å². The van der Waals surface area contributed by atoms with Crippen molar-refractivity contribution < 1.29 is 85.8 Å². The van der Waals surface area contributed by atoms with E-state index in [0.29, 0.717) is 22.9 Å². The number of aliphatic hydroxyl groups is 1. The summed E-state index contributed by atoms with van der Waals surface area (Å²) in [6.07, 6.45) is 1.54. The van der Waals surface area contributed by atoms with Crippen LogP contribution in [0.3, 0.4) is 0 Å². The summed E-state index contributed by atoms with van der Waals surface area (Å²) in [6.45, 7) is 1.63. The van der Waals surface area contributed by atoms with Gasteiger partial charge in [-0.2, -0.15) is 16.8 Å². The van der Waals surface area contributed by atoms with Gasteiger partial charge < -0.3 is 84.5 Å². The first-order chi connectivity index (χ1) is 51.8. The molecule has 0 aliphatic heterocycles. The van der Waals surface area contributed by atoms with Crippen LogP contribution in [-0.4, -0.2) is 189 Å². The number of H-pyrrole nitrogens is 1. The molecule has 9 aromatic rings. The number of carboxylic acids is 1. The second-order valence-corrected chi connectivity index (χ2v) is 23.7. The Kier molecular flexibility index (Phi) is 58.7. The fourth-order valence-corrected chi connectivity index (χ4v) is 8.10. The molecule has 5 heterocycles. The third-order valence-electron chi connectivity index (χ3n) is 13.8. The van der Waals surface area contributed by atoms with E-state index < -0.39 is 80.9 Å². The van der Waals surface area contributed by atoms with Crippen LogP contribution < -0.4 is 140 Å². The Hall–Kier alpha value is -11.1. The van der Waals surface area contributed by atoms with E-state index in [9.17, 15) is 52.9 Å². The van der Waals surface area contributed by atoms with Crippen molar-refractivity contribution >= 4 is 115 Å². The molecule has 0 radical (unpaired) electrons. The maximum atomic E-state index is 12.4. The molecule has 45 nitrogen and oxygen atoms in total. The molecule has 0 spiro atoms. The Morgan fingerprint density at radius 1 is 0.522 bits per heavy atom. The van der Waals surface area contributed by atoms with E-state index in [1.165, 1.54) is 105 Å². The Morgan fingerprint density at radius 2 is 0.809 bits per heavy atom. The van der Waals surface area contributed by atoms with Crippen LogP contribution in [0, 0.1) is 15.0 Å². The topological polar surface area (TPSA) is 688 Å². The number of nitrogens with zero attached hydrogens (tertiary/aromatic N) is 13. The summed E-state index contributed by atoms with van der Waals surface area (Å²) in [7, 11) is 12.4. The Bertz CT molecular complexity index is 5450. The van der Waals surface area contributed by atoms with Crippen molar-refractivity contribution in [1.29, 1.82) is 0 Å². The number of aromatic amines is 1. The zero-order valence-corrected chi connectivity index (χ0v) is 72.1. The summed E-state index contributed by atoms with van der Waals surface area (Å²) in [5, 5.41) is 26.0. The third kappa shape index (κ3) is 37.2. The molecule has 50 heteroatoms. The van der Waals surface area contributed by atoms with Crippen LogP contribution in [0.1, 0.15) is 44.0 Å². The van der Waals surface area contributed by atoms with Crippen molar-refractivity contribution in [3.63, 3.8) is 0 Å². The average molecular weight is 1690 g/mol. The summed E-state index contributed by atoms with van der Waals surface area (Å²) in [5.74, 6) is 2.34. The van der Waals surface area contributed by atoms with Crippen LogP contribution in [0.5, 0.6) is 23.0 Å². The van der Waals surface area contributed by atoms with E-state index in [1.54, 1.807) is 125 Å². The van der Waals surface area contributed by atoms with E-state index >= 15 is 0 Å². The average Bonchev–Trinajstić information content (AvgIpc) is 0.805. The number of ether oxygens (including phenoxy) is 4. The van der Waals surface area contributed by atoms with Gasteiger partial charge in [-0.3, -0.25) is 74.9 Å². The number of anilines is 5. The number of methoxy groups -OCH3 is 4. The number of carboxylic acid groups (broad SMARTS) is 1. The number of nitrogen functional groups attached to an aromatic ring is 5. The molecule has 18 N–H and O–H groups in total. The summed E-state index contributed by atoms with van der Waals surface area (Å²) < 4.78 is 66.8. The number of aliphatic carboxylic acids is 1. The molecule has 0 atom stereocenters. The first-order valence-electron chi connectivity index (χ1n) is 31.0. The van der Waals surface area contributed by atoms with Gasteiger partial charge >= 0.3 is 120 Å². The van der Waals surface area contributed by atoms with E-state index in [4.69, 9.17) is 89.6 Å². The normalized spacial score (nSPS) is 9.30. The van der Waals surface area contributed by atoms with Crippen molar-refractivity contribution in [2.75, 3.05) is 78.3 Å². The van der Waals surface area contributed by atoms with Crippen LogP contribution in [0.2, 0.25) is 0 Å². The van der Waals surface area contributed by atoms with Crippen LogP contribution >= 0.6 is 0 Å². The molecule has 9 rings (SSSR count). The maximum absolute atomic E-state index is 12.4. The number of aliphatic imine (C=N–C) groups is 1. The molecule has 0 bridgehead atoms. The SMILES string of the molecule is C.C.CC(=O)O.CO.COc1ccc(Cn2c(=O)c(N)c(N)n(C)c2=O)cc1.COc1ccc(Cn2c(=O)c(N=O)c(N)n(C)c2=O)cc1.COc1ccc(Cn2c(=O)cc(N)n(C)c2=O)cc1.COc1ccc(Cn2c(=O)cc(N=CN(C)C)n(C)c2=O)cc1.Cn1c(N)cc(=O)[nH]c1=O.N.O.O=N[O-].O=S(=O)=S(=O)=O.[Na+].[Na][Na]. The van der Waals surface area contributed by atoms with Gasteiger partial charge in [-0.05, 0) is 76.0 Å². The standard InChI is InChI=1S/C16H20N4O3.C13H14N4O4.C13H16N4O3.C13H15N3O3.C5H7N3O2.C2H4O2.CH4O.2CH4.HNO2.H3N.3Na.O4S2.H2O/c1-18(2)11-17-14-9-15(21)20(16(22)19(14)3)10-12-5-7-13(23-4)8-6-12;1-16-11(14)10(15-20)12(18)17(13(16)19)7-8-3-5-9(21-2)6-4-8;1-16-11(15)10(14)12(18)17(13(16)19)7-8-3-5-9(20-2)6-4-8;1-15-11(14)7-12(17)16(13(15)18)8-9-3-5-10(19-2)6-4-9;1-8-3(6)2-4(9)7-5(8)10;1-2(3)4;1-2;;;2-1-3;;;;;1-5(2)6(3)4;/h5-9,11H,10H2,1-4H3;3-6H,7,14H2,1-2H3;3-6H,7,14-15H2,1-2H3;3-7H,8,14H2,1-2H3;2H,6H2,1H3,(H,7,9,10);1H3,(H,3,4);2H,1H3;2*1H4;(H,2,3);1H3;;;;;1H2/q;;;;;;;;;;;;;+1;;/p-1. The van der Waals surface area contributed by atoms with Gasteiger partial charge in [0.25, 0.3) is 33.8 Å². The number of benzene rings is 4. The molecule has 4 aromatic carbocycles. The fraction of sp³-hybridized carbons (Fsp3) is 0.292. The number of nitrogens with two attached hydrogens (primary N) is 5. The minimum atomic E-state index is -2.95. The number of hydrogen-bond acceptors (Lipinski definition) is 32. The van der Waals surface area contributed by atoms with Crippen molar-refractivity contribution in [3.8, 4) is 23.0 Å². The summed E-state index contributed by atoms with van der Waals surface area (Å²) in [6, 6.07) is 32.1. The molecular weight excluding hydrogens is 1590 g/mol. The zero-order valence-electron chi connectivity index (χ0n) is 64.5. The number of nitrogens with one attached hydrogen (secondary N) is 1. The van der Waals surface area contributed by atoms with Crippen LogP contribution in [0.15, 0.2) is 179 Å². The van der Waals surface area contributed by atoms with E-state index in [0.717, 1.165) is 81.0 Å². The quantitative estimate of drug-likeness (QED) is 0.0153. The summed E-state index contributed by atoms with van der Waals surface area (Å²) in [4.78, 5) is 153. The van der Waals surface area contributed by atoms with Crippen LogP contribution in [0.4, 0.5) is 40.5 Å². The Labute approximate surface area is 708 Å². The van der Waals surface area contributed by atoms with Crippen molar-refractivity contribution in [2.45, 2.75) is 48.0 Å². The summed E-state index contributed by atoms with van der Waals surface area (Å²) >= 11 is 2.89. The monoisotopic (exact) mass is 1690 g/mol. The fourth-order valence-electron chi connectivity index (χ4n) is 8.10. The van der Waals surface area contributed by atoms with Gasteiger partial charge in [0.15, 0.2) is 0 Å². The zero-order chi connectivity index (χ0) is 84.6. The van der Waals surface area contributed by atoms with Gasteiger partial charge in [0, 0.05) is 81.6 Å². The number of carbonyl (C=O) groups is 1. The number of aliphatic hydroxyl groups excluding tert-OH is 1. The predicted molar refractivity (Wildman–Crippen MR) is 436 cm³/mol. The number of nitroso groups, excluding NO2 is 1. The van der Waals surface area contributed by atoms with Gasteiger partial charge in [-0.1, -0.05) is 63.4 Å². The molecule has 0 saturated carbocycles. The second kappa shape index (κ2) is 58.7. The van der Waals surface area contributed by atoms with Crippen molar-refractivity contribution in [3.05, 3.63) is 257 Å².